The molecule has 6 nitrogen and oxygen atoms in total. The normalized spacial score (nSPS) is 29.8. The van der Waals surface area contributed by atoms with Crippen molar-refractivity contribution >= 4 is 5.97 Å². The quantitative estimate of drug-likeness (QED) is 0.485. The highest BCUT2D eigenvalue weighted by molar-refractivity contribution is 5.72. The summed E-state index contributed by atoms with van der Waals surface area (Å²) < 4.78 is 4.99. The van der Waals surface area contributed by atoms with Gasteiger partial charge in [-0.2, -0.15) is 0 Å². The smallest absolute Gasteiger partial charge is 0.308 e. The van der Waals surface area contributed by atoms with E-state index in [2.05, 4.69) is 5.32 Å². The minimum Gasteiger partial charge on any atom is -0.466 e. The fourth-order valence-corrected chi connectivity index (χ4v) is 2.45. The summed E-state index contributed by atoms with van der Waals surface area (Å²) in [4.78, 5) is 11.6. The molecule has 6 heteroatoms. The summed E-state index contributed by atoms with van der Waals surface area (Å²) >= 11 is 0. The first-order chi connectivity index (χ1) is 9.32. The minimum absolute atomic E-state index is 0.115. The third kappa shape index (κ3) is 5.36. The second kappa shape index (κ2) is 7.36. The topological polar surface area (TPSA) is 99.0 Å². The Morgan fingerprint density at radius 2 is 2.05 bits per heavy atom. The molecule has 0 radical (unpaired) electrons. The zero-order valence-corrected chi connectivity index (χ0v) is 12.4. The lowest BCUT2D eigenvalue weighted by Gasteiger charge is -2.36. The highest BCUT2D eigenvalue weighted by atomic mass is 16.5. The number of hydrogen-bond acceptors (Lipinski definition) is 6. The first-order valence-corrected chi connectivity index (χ1v) is 7.25. The van der Waals surface area contributed by atoms with Crippen LogP contribution in [0.3, 0.4) is 0 Å². The van der Waals surface area contributed by atoms with Crippen LogP contribution in [0.5, 0.6) is 0 Å². The lowest BCUT2D eigenvalue weighted by atomic mass is 9.78. The van der Waals surface area contributed by atoms with E-state index in [4.69, 9.17) is 9.84 Å². The lowest BCUT2D eigenvalue weighted by Crippen LogP contribution is -2.49. The molecule has 0 heterocycles. The number of aliphatic hydroxyl groups is 3. The van der Waals surface area contributed by atoms with Crippen LogP contribution < -0.4 is 5.32 Å². The molecule has 1 saturated carbocycles. The van der Waals surface area contributed by atoms with Crippen LogP contribution in [0.4, 0.5) is 0 Å². The number of carbonyl (C=O) groups excluding carboxylic acids is 1. The molecule has 1 unspecified atom stereocenters. The fourth-order valence-electron chi connectivity index (χ4n) is 2.45. The van der Waals surface area contributed by atoms with E-state index in [1.165, 1.54) is 6.92 Å². The maximum Gasteiger partial charge on any atom is 0.308 e. The van der Waals surface area contributed by atoms with Gasteiger partial charge < -0.3 is 25.4 Å². The molecule has 0 saturated heterocycles. The van der Waals surface area contributed by atoms with Crippen LogP contribution in [-0.4, -0.2) is 58.8 Å². The Kier molecular flexibility index (Phi) is 6.39. The number of aliphatic hydroxyl groups excluding tert-OH is 1. The van der Waals surface area contributed by atoms with Crippen LogP contribution in [-0.2, 0) is 9.53 Å². The van der Waals surface area contributed by atoms with Crippen molar-refractivity contribution in [1.29, 1.82) is 0 Å². The summed E-state index contributed by atoms with van der Waals surface area (Å²) in [6.45, 7) is 3.93. The third-order valence-electron chi connectivity index (χ3n) is 3.84. The van der Waals surface area contributed by atoms with Gasteiger partial charge in [0.15, 0.2) is 0 Å². The minimum atomic E-state index is -1.18. The second-order valence-electron chi connectivity index (χ2n) is 6.01. The van der Waals surface area contributed by atoms with Crippen molar-refractivity contribution in [2.45, 2.75) is 50.7 Å². The number of carbonyl (C=O) groups is 1. The van der Waals surface area contributed by atoms with Gasteiger partial charge in [-0.15, -0.1) is 0 Å². The van der Waals surface area contributed by atoms with E-state index in [0.29, 0.717) is 38.8 Å². The molecule has 0 amide bonds. The summed E-state index contributed by atoms with van der Waals surface area (Å²) in [6.07, 6.45) is 2.30. The third-order valence-corrected chi connectivity index (χ3v) is 3.84. The van der Waals surface area contributed by atoms with Crippen molar-refractivity contribution in [2.75, 3.05) is 26.3 Å². The van der Waals surface area contributed by atoms with Gasteiger partial charge in [0.25, 0.3) is 0 Å². The predicted octanol–water partition coefficient (Wildman–Crippen LogP) is -0.196. The van der Waals surface area contributed by atoms with Gasteiger partial charge in [-0.05, 0) is 39.5 Å². The van der Waals surface area contributed by atoms with Gasteiger partial charge in [0.2, 0.25) is 0 Å². The van der Waals surface area contributed by atoms with Crippen LogP contribution in [0, 0.1) is 5.92 Å². The van der Waals surface area contributed by atoms with Crippen molar-refractivity contribution in [3.63, 3.8) is 0 Å². The summed E-state index contributed by atoms with van der Waals surface area (Å²) in [6, 6.07) is 0. The van der Waals surface area contributed by atoms with Crippen molar-refractivity contribution in [3.8, 4) is 0 Å². The van der Waals surface area contributed by atoms with Crippen LogP contribution in [0.15, 0.2) is 0 Å². The molecule has 4 N–H and O–H groups in total. The van der Waals surface area contributed by atoms with E-state index in [1.807, 2.05) is 0 Å². The Morgan fingerprint density at radius 3 is 2.55 bits per heavy atom. The van der Waals surface area contributed by atoms with E-state index in [1.54, 1.807) is 6.92 Å². The number of hydrogen-bond donors (Lipinski definition) is 4. The Balaban J connectivity index is 2.33. The molecule has 1 rings (SSSR count). The van der Waals surface area contributed by atoms with Crippen molar-refractivity contribution in [2.24, 2.45) is 5.92 Å². The van der Waals surface area contributed by atoms with Crippen LogP contribution >= 0.6 is 0 Å². The molecule has 0 aromatic rings. The van der Waals surface area contributed by atoms with Gasteiger partial charge in [0.1, 0.15) is 0 Å². The number of esters is 1. The van der Waals surface area contributed by atoms with E-state index in [-0.39, 0.29) is 25.0 Å². The van der Waals surface area contributed by atoms with Gasteiger partial charge in [0, 0.05) is 13.1 Å². The van der Waals surface area contributed by atoms with Crippen LogP contribution in [0.1, 0.15) is 39.5 Å². The molecule has 20 heavy (non-hydrogen) atoms. The molecule has 0 bridgehead atoms. The first kappa shape index (κ1) is 17.4. The van der Waals surface area contributed by atoms with E-state index in [9.17, 15) is 15.0 Å². The molecule has 0 aliphatic heterocycles. The van der Waals surface area contributed by atoms with Crippen molar-refractivity contribution < 1.29 is 24.9 Å². The van der Waals surface area contributed by atoms with Crippen LogP contribution in [0.2, 0.25) is 0 Å². The Hall–Kier alpha value is -0.690. The van der Waals surface area contributed by atoms with Gasteiger partial charge in [-0.25, -0.2) is 0 Å². The van der Waals surface area contributed by atoms with E-state index in [0.717, 1.165) is 0 Å². The molecule has 1 atom stereocenters. The second-order valence-corrected chi connectivity index (χ2v) is 6.01. The maximum absolute atomic E-state index is 11.6. The molecule has 0 spiro atoms. The predicted molar refractivity (Wildman–Crippen MR) is 74.1 cm³/mol. The summed E-state index contributed by atoms with van der Waals surface area (Å²) in [7, 11) is 0. The lowest BCUT2D eigenvalue weighted by molar-refractivity contribution is -0.151. The average Bonchev–Trinajstić information content (AvgIpc) is 2.39. The van der Waals surface area contributed by atoms with Crippen molar-refractivity contribution in [3.05, 3.63) is 0 Å². The molecular weight excluding hydrogens is 262 g/mol. The Labute approximate surface area is 120 Å². The SMILES string of the molecule is CCOC(=O)C1CCC(O)(CNCC(C)(O)CO)CC1. The molecule has 1 aliphatic carbocycles. The molecular formula is C14H27NO5. The van der Waals surface area contributed by atoms with E-state index >= 15 is 0 Å². The Bertz CT molecular complexity index is 311. The zero-order chi connectivity index (χ0) is 15.2. The van der Waals surface area contributed by atoms with Crippen LogP contribution in [0.25, 0.3) is 0 Å². The first-order valence-electron chi connectivity index (χ1n) is 7.25. The zero-order valence-electron chi connectivity index (χ0n) is 12.4. The summed E-state index contributed by atoms with van der Waals surface area (Å²) in [5.74, 6) is -0.290. The molecule has 118 valence electrons. The fraction of sp³-hybridized carbons (Fsp3) is 0.929. The summed E-state index contributed by atoms with van der Waals surface area (Å²) in [5, 5.41) is 32.0. The van der Waals surface area contributed by atoms with Gasteiger partial charge in [-0.1, -0.05) is 0 Å². The molecule has 1 fully saturated rings. The standard InChI is InChI=1S/C14H27NO5/c1-3-20-12(17)11-4-6-14(19,7-5-11)9-15-8-13(2,18)10-16/h11,15-16,18-19H,3-10H2,1-2H3. The van der Waals surface area contributed by atoms with Gasteiger partial charge in [0.05, 0.1) is 30.3 Å². The average molecular weight is 289 g/mol. The van der Waals surface area contributed by atoms with Gasteiger partial charge >= 0.3 is 5.97 Å². The summed E-state index contributed by atoms with van der Waals surface area (Å²) in [5.41, 5.74) is -2.03. The van der Waals surface area contributed by atoms with E-state index < -0.39 is 11.2 Å². The molecule has 1 aliphatic rings. The van der Waals surface area contributed by atoms with Gasteiger partial charge in [-0.3, -0.25) is 4.79 Å². The number of ether oxygens (including phenoxy) is 1. The van der Waals surface area contributed by atoms with Crippen molar-refractivity contribution in [1.82, 2.24) is 5.32 Å². The highest BCUT2D eigenvalue weighted by Crippen LogP contribution is 2.32. The number of rotatable bonds is 7. The number of nitrogens with one attached hydrogen (secondary N) is 1. The molecule has 0 aromatic heterocycles. The maximum atomic E-state index is 11.6. The monoisotopic (exact) mass is 289 g/mol. The largest absolute Gasteiger partial charge is 0.466 e. The highest BCUT2D eigenvalue weighted by Gasteiger charge is 2.36. The molecule has 0 aromatic carbocycles. The Morgan fingerprint density at radius 1 is 1.45 bits per heavy atom.